The van der Waals surface area contributed by atoms with Gasteiger partial charge in [0.05, 0.1) is 0 Å². The van der Waals surface area contributed by atoms with E-state index < -0.39 is 0 Å². The Morgan fingerprint density at radius 1 is 1.14 bits per heavy atom. The van der Waals surface area contributed by atoms with E-state index in [4.69, 9.17) is 11.6 Å². The molecule has 0 saturated heterocycles. The van der Waals surface area contributed by atoms with Gasteiger partial charge in [-0.1, -0.05) is 54.0 Å². The summed E-state index contributed by atoms with van der Waals surface area (Å²) >= 11 is 8.20. The van der Waals surface area contributed by atoms with E-state index >= 15 is 0 Å². The van der Waals surface area contributed by atoms with Crippen LogP contribution in [0, 0.1) is 6.92 Å². The van der Waals surface area contributed by atoms with E-state index in [9.17, 15) is 0 Å². The third-order valence-electron chi connectivity index (χ3n) is 3.36. The van der Waals surface area contributed by atoms with Gasteiger partial charge in [-0.2, -0.15) is 0 Å². The molecule has 1 atom stereocenters. The van der Waals surface area contributed by atoms with Gasteiger partial charge < -0.3 is 5.32 Å². The summed E-state index contributed by atoms with van der Waals surface area (Å²) in [5.74, 6) is 0. The summed E-state index contributed by atoms with van der Waals surface area (Å²) < 4.78 is 0. The van der Waals surface area contributed by atoms with Crippen LogP contribution in [-0.4, -0.2) is 6.54 Å². The zero-order chi connectivity index (χ0) is 15.2. The molecule has 2 aromatic carbocycles. The van der Waals surface area contributed by atoms with Gasteiger partial charge in [0.15, 0.2) is 0 Å². The van der Waals surface area contributed by atoms with Crippen molar-refractivity contribution in [3.8, 4) is 0 Å². The maximum atomic E-state index is 6.45. The number of hydrogen-bond donors (Lipinski definition) is 1. The van der Waals surface area contributed by atoms with E-state index in [0.717, 1.165) is 18.0 Å². The van der Waals surface area contributed by atoms with Crippen LogP contribution in [0.5, 0.6) is 0 Å². The average molecular weight is 320 g/mol. The molecule has 1 N–H and O–H groups in total. The van der Waals surface area contributed by atoms with E-state index in [1.54, 1.807) is 11.8 Å². The molecule has 0 radical (unpaired) electrons. The number of aryl methyl sites for hydroxylation is 1. The van der Waals surface area contributed by atoms with Crippen molar-refractivity contribution >= 4 is 23.4 Å². The van der Waals surface area contributed by atoms with Crippen LogP contribution < -0.4 is 5.32 Å². The van der Waals surface area contributed by atoms with Crippen LogP contribution in [-0.2, 0) is 0 Å². The highest BCUT2D eigenvalue weighted by atomic mass is 35.5. The molecule has 0 saturated carbocycles. The van der Waals surface area contributed by atoms with Crippen LogP contribution >= 0.6 is 23.4 Å². The highest BCUT2D eigenvalue weighted by Gasteiger charge is 2.10. The molecule has 0 aliphatic rings. The molecule has 0 bridgehead atoms. The molecule has 2 aromatic rings. The molecular weight excluding hydrogens is 298 g/mol. The lowest BCUT2D eigenvalue weighted by atomic mass is 10.1. The molecule has 0 heterocycles. The molecule has 0 spiro atoms. The second kappa shape index (κ2) is 7.88. The first-order chi connectivity index (χ1) is 10.1. The largest absolute Gasteiger partial charge is 0.310 e. The summed E-state index contributed by atoms with van der Waals surface area (Å²) in [5, 5.41) is 4.31. The van der Waals surface area contributed by atoms with Gasteiger partial charge in [0.2, 0.25) is 0 Å². The number of nitrogens with one attached hydrogen (secondary N) is 1. The lowest BCUT2D eigenvalue weighted by Crippen LogP contribution is -2.19. The van der Waals surface area contributed by atoms with Gasteiger partial charge in [-0.05, 0) is 56.6 Å². The summed E-state index contributed by atoms with van der Waals surface area (Å²) in [5.41, 5.74) is 2.44. The lowest BCUT2D eigenvalue weighted by molar-refractivity contribution is 0.570. The quantitative estimate of drug-likeness (QED) is 0.715. The Kier molecular flexibility index (Phi) is 6.16. The molecule has 0 fully saturated rings. The second-order valence-corrected chi connectivity index (χ2v) is 6.83. The van der Waals surface area contributed by atoms with Gasteiger partial charge in [0.25, 0.3) is 0 Å². The summed E-state index contributed by atoms with van der Waals surface area (Å²) in [6.07, 6.45) is 1.13. The van der Waals surface area contributed by atoms with Crippen LogP contribution in [0.2, 0.25) is 5.02 Å². The van der Waals surface area contributed by atoms with Crippen LogP contribution in [0.3, 0.4) is 0 Å². The monoisotopic (exact) mass is 319 g/mol. The minimum atomic E-state index is 0.287. The standard InChI is InChI=1S/C18H22ClNS/c1-4-10-20-14(3)17-9-8-16(12-18(17)19)21-15-7-5-6-13(2)11-15/h5-9,11-12,14,20H,4,10H2,1-3H3. The van der Waals surface area contributed by atoms with Crippen LogP contribution in [0.1, 0.15) is 37.4 Å². The summed E-state index contributed by atoms with van der Waals surface area (Å²) in [6.45, 7) is 7.45. The van der Waals surface area contributed by atoms with Crippen molar-refractivity contribution in [1.29, 1.82) is 0 Å². The zero-order valence-electron chi connectivity index (χ0n) is 12.8. The van der Waals surface area contributed by atoms with Crippen LogP contribution in [0.15, 0.2) is 52.3 Å². The second-order valence-electron chi connectivity index (χ2n) is 5.28. The van der Waals surface area contributed by atoms with Crippen molar-refractivity contribution in [3.63, 3.8) is 0 Å². The fraction of sp³-hybridized carbons (Fsp3) is 0.333. The van der Waals surface area contributed by atoms with Crippen molar-refractivity contribution in [3.05, 3.63) is 58.6 Å². The Bertz CT molecular complexity index is 598. The van der Waals surface area contributed by atoms with Gasteiger partial charge in [-0.3, -0.25) is 0 Å². The molecule has 3 heteroatoms. The maximum Gasteiger partial charge on any atom is 0.0464 e. The molecule has 112 valence electrons. The number of halogens is 1. The number of rotatable bonds is 6. The maximum absolute atomic E-state index is 6.45. The Morgan fingerprint density at radius 2 is 1.90 bits per heavy atom. The SMILES string of the molecule is CCCNC(C)c1ccc(Sc2cccc(C)c2)cc1Cl. The van der Waals surface area contributed by atoms with Crippen molar-refractivity contribution < 1.29 is 0 Å². The normalized spacial score (nSPS) is 12.4. The van der Waals surface area contributed by atoms with Crippen molar-refractivity contribution in [2.45, 2.75) is 43.0 Å². The predicted molar refractivity (Wildman–Crippen MR) is 93.5 cm³/mol. The Hall–Kier alpha value is -0.960. The first-order valence-electron chi connectivity index (χ1n) is 7.37. The van der Waals surface area contributed by atoms with E-state index in [0.29, 0.717) is 0 Å². The molecule has 2 rings (SSSR count). The summed E-state index contributed by atoms with van der Waals surface area (Å²) in [6, 6.07) is 15.2. The summed E-state index contributed by atoms with van der Waals surface area (Å²) in [4.78, 5) is 2.42. The first-order valence-corrected chi connectivity index (χ1v) is 8.57. The van der Waals surface area contributed by atoms with Crippen molar-refractivity contribution in [1.82, 2.24) is 5.32 Å². The Labute approximate surface area is 137 Å². The molecule has 1 unspecified atom stereocenters. The molecule has 0 aliphatic carbocycles. The average Bonchev–Trinajstić information content (AvgIpc) is 2.45. The zero-order valence-corrected chi connectivity index (χ0v) is 14.4. The fourth-order valence-electron chi connectivity index (χ4n) is 2.21. The smallest absolute Gasteiger partial charge is 0.0464 e. The Morgan fingerprint density at radius 3 is 2.57 bits per heavy atom. The molecule has 0 aliphatic heterocycles. The Balaban J connectivity index is 2.11. The lowest BCUT2D eigenvalue weighted by Gasteiger charge is -2.16. The van der Waals surface area contributed by atoms with Crippen LogP contribution in [0.4, 0.5) is 0 Å². The van der Waals surface area contributed by atoms with Gasteiger partial charge in [0.1, 0.15) is 0 Å². The highest BCUT2D eigenvalue weighted by Crippen LogP contribution is 2.33. The van der Waals surface area contributed by atoms with E-state index in [1.807, 2.05) is 0 Å². The van der Waals surface area contributed by atoms with E-state index in [2.05, 4.69) is 68.6 Å². The fourth-order valence-corrected chi connectivity index (χ4v) is 3.59. The predicted octanol–water partition coefficient (Wildman–Crippen LogP) is 5.86. The number of benzene rings is 2. The van der Waals surface area contributed by atoms with Gasteiger partial charge >= 0.3 is 0 Å². The molecule has 21 heavy (non-hydrogen) atoms. The van der Waals surface area contributed by atoms with E-state index in [-0.39, 0.29) is 6.04 Å². The highest BCUT2D eigenvalue weighted by molar-refractivity contribution is 7.99. The summed E-state index contributed by atoms with van der Waals surface area (Å²) in [7, 11) is 0. The van der Waals surface area contributed by atoms with Crippen molar-refractivity contribution in [2.75, 3.05) is 6.54 Å². The minimum absolute atomic E-state index is 0.287. The first kappa shape index (κ1) is 16.4. The topological polar surface area (TPSA) is 12.0 Å². The molecule has 0 amide bonds. The third kappa shape index (κ3) is 4.77. The minimum Gasteiger partial charge on any atom is -0.310 e. The molecule has 0 aromatic heterocycles. The van der Waals surface area contributed by atoms with Gasteiger partial charge in [-0.25, -0.2) is 0 Å². The third-order valence-corrected chi connectivity index (χ3v) is 4.67. The molecular formula is C18H22ClNS. The van der Waals surface area contributed by atoms with Crippen LogP contribution in [0.25, 0.3) is 0 Å². The van der Waals surface area contributed by atoms with Gasteiger partial charge in [-0.15, -0.1) is 0 Å². The van der Waals surface area contributed by atoms with E-state index in [1.165, 1.54) is 20.9 Å². The molecule has 1 nitrogen and oxygen atoms in total. The van der Waals surface area contributed by atoms with Gasteiger partial charge in [0, 0.05) is 20.9 Å². The van der Waals surface area contributed by atoms with Crippen molar-refractivity contribution in [2.24, 2.45) is 0 Å². The number of hydrogen-bond acceptors (Lipinski definition) is 2.